The molecule has 0 bridgehead atoms. The second kappa shape index (κ2) is 7.42. The highest BCUT2D eigenvalue weighted by atomic mass is 33.1. The molecule has 5 nitrogen and oxygen atoms in total. The second-order valence-corrected chi connectivity index (χ2v) is 6.56. The van der Waals surface area contributed by atoms with E-state index in [0.717, 1.165) is 22.4 Å². The number of nitrogens with two attached hydrogens (primary N) is 1. The normalized spacial score (nSPS) is 10.8. The Bertz CT molecular complexity index is 543. The molecular formula is C12H16N4OS2. The summed E-state index contributed by atoms with van der Waals surface area (Å²) >= 11 is 0. The zero-order valence-electron chi connectivity index (χ0n) is 10.4. The summed E-state index contributed by atoms with van der Waals surface area (Å²) in [7, 11) is 3.46. The van der Waals surface area contributed by atoms with Crippen LogP contribution in [-0.4, -0.2) is 40.7 Å². The maximum absolute atomic E-state index is 11.9. The number of H-pyrrole nitrogens is 1. The fraction of sp³-hybridized carbons (Fsp3) is 0.333. The van der Waals surface area contributed by atoms with Crippen LogP contribution in [0.2, 0.25) is 0 Å². The van der Waals surface area contributed by atoms with Crippen LogP contribution in [0.1, 0.15) is 10.4 Å². The maximum Gasteiger partial charge on any atom is 0.251 e. The molecule has 0 unspecified atom stereocenters. The minimum Gasteiger partial charge on any atom is -0.351 e. The molecule has 4 N–H and O–H groups in total. The molecular weight excluding hydrogens is 280 g/mol. The first-order valence-electron chi connectivity index (χ1n) is 5.97. The van der Waals surface area contributed by atoms with E-state index in [1.54, 1.807) is 33.9 Å². The summed E-state index contributed by atoms with van der Waals surface area (Å²) in [5.41, 5.74) is 6.99. The molecule has 0 fully saturated rings. The number of nitrogens with zero attached hydrogens (tertiary/aromatic N) is 1. The molecule has 0 aliphatic rings. The van der Waals surface area contributed by atoms with Gasteiger partial charge in [-0.15, -0.1) is 0 Å². The van der Waals surface area contributed by atoms with Gasteiger partial charge in [0, 0.05) is 35.5 Å². The summed E-state index contributed by atoms with van der Waals surface area (Å²) in [6.45, 7) is 1.35. The van der Waals surface area contributed by atoms with Gasteiger partial charge in [0.25, 0.3) is 5.91 Å². The molecule has 2 rings (SSSR count). The van der Waals surface area contributed by atoms with Crippen molar-refractivity contribution in [2.75, 3.05) is 24.6 Å². The van der Waals surface area contributed by atoms with Gasteiger partial charge in [-0.2, -0.15) is 5.10 Å². The molecule has 19 heavy (non-hydrogen) atoms. The number of nitrogens with one attached hydrogen (secondary N) is 2. The van der Waals surface area contributed by atoms with Gasteiger partial charge in [-0.25, -0.2) is 0 Å². The van der Waals surface area contributed by atoms with Crippen molar-refractivity contribution in [1.29, 1.82) is 0 Å². The summed E-state index contributed by atoms with van der Waals surface area (Å²) < 4.78 is 0. The molecule has 0 spiro atoms. The second-order valence-electron chi connectivity index (χ2n) is 3.86. The number of carbonyl (C=O) groups excluding carboxylic acids is 1. The monoisotopic (exact) mass is 296 g/mol. The molecule has 0 aliphatic carbocycles. The Morgan fingerprint density at radius 3 is 3.05 bits per heavy atom. The predicted octanol–water partition coefficient (Wildman–Crippen LogP) is 1.63. The number of benzene rings is 1. The van der Waals surface area contributed by atoms with E-state index in [4.69, 9.17) is 5.73 Å². The number of aromatic nitrogens is 2. The summed E-state index contributed by atoms with van der Waals surface area (Å²) in [4.78, 5) is 11.9. The molecule has 0 saturated heterocycles. The van der Waals surface area contributed by atoms with Gasteiger partial charge in [-0.05, 0) is 18.2 Å². The van der Waals surface area contributed by atoms with Crippen LogP contribution < -0.4 is 11.1 Å². The van der Waals surface area contributed by atoms with E-state index < -0.39 is 0 Å². The lowest BCUT2D eigenvalue weighted by molar-refractivity contribution is 0.0956. The van der Waals surface area contributed by atoms with E-state index in [-0.39, 0.29) is 5.91 Å². The van der Waals surface area contributed by atoms with Crippen LogP contribution in [0.5, 0.6) is 0 Å². The number of fused-ring (bicyclic) bond motifs is 1. The fourth-order valence-corrected chi connectivity index (χ4v) is 3.32. The summed E-state index contributed by atoms with van der Waals surface area (Å²) in [6.07, 6.45) is 1.71. The maximum atomic E-state index is 11.9. The summed E-state index contributed by atoms with van der Waals surface area (Å²) in [5, 5.41) is 10.6. The fourth-order valence-electron chi connectivity index (χ4n) is 1.56. The lowest BCUT2D eigenvalue weighted by atomic mass is 10.1. The van der Waals surface area contributed by atoms with Crippen LogP contribution in [0.3, 0.4) is 0 Å². The van der Waals surface area contributed by atoms with Crippen molar-refractivity contribution < 1.29 is 4.79 Å². The topological polar surface area (TPSA) is 83.8 Å². The number of carbonyl (C=O) groups is 1. The van der Waals surface area contributed by atoms with Gasteiger partial charge in [0.2, 0.25) is 0 Å². The van der Waals surface area contributed by atoms with E-state index in [9.17, 15) is 4.79 Å². The van der Waals surface area contributed by atoms with Crippen LogP contribution in [0, 0.1) is 0 Å². The highest BCUT2D eigenvalue weighted by Gasteiger charge is 2.06. The molecule has 0 aliphatic heterocycles. The zero-order valence-corrected chi connectivity index (χ0v) is 12.0. The molecule has 1 amide bonds. The smallest absolute Gasteiger partial charge is 0.251 e. The number of aromatic amines is 1. The molecule has 102 valence electrons. The van der Waals surface area contributed by atoms with Crippen LogP contribution in [-0.2, 0) is 0 Å². The summed E-state index contributed by atoms with van der Waals surface area (Å²) in [5.74, 6) is 1.77. The van der Waals surface area contributed by atoms with Crippen molar-refractivity contribution in [3.63, 3.8) is 0 Å². The van der Waals surface area contributed by atoms with E-state index in [2.05, 4.69) is 15.5 Å². The summed E-state index contributed by atoms with van der Waals surface area (Å²) in [6, 6.07) is 5.50. The Balaban J connectivity index is 1.79. The van der Waals surface area contributed by atoms with Crippen LogP contribution in [0.15, 0.2) is 24.4 Å². The number of hydrogen-bond acceptors (Lipinski definition) is 5. The van der Waals surface area contributed by atoms with Crippen LogP contribution >= 0.6 is 21.6 Å². The lowest BCUT2D eigenvalue weighted by Gasteiger charge is -2.04. The van der Waals surface area contributed by atoms with Gasteiger partial charge in [-0.1, -0.05) is 21.6 Å². The Labute approximate surface area is 119 Å². The largest absolute Gasteiger partial charge is 0.351 e. The average molecular weight is 296 g/mol. The van der Waals surface area contributed by atoms with E-state index in [1.165, 1.54) is 0 Å². The van der Waals surface area contributed by atoms with Gasteiger partial charge < -0.3 is 11.1 Å². The molecule has 0 radical (unpaired) electrons. The van der Waals surface area contributed by atoms with Crippen LogP contribution in [0.4, 0.5) is 0 Å². The molecule has 0 saturated carbocycles. The molecule has 7 heteroatoms. The van der Waals surface area contributed by atoms with Crippen molar-refractivity contribution in [2.24, 2.45) is 5.73 Å². The number of amides is 1. The van der Waals surface area contributed by atoms with Crippen molar-refractivity contribution in [3.8, 4) is 0 Å². The average Bonchev–Trinajstić information content (AvgIpc) is 2.89. The molecule has 1 aromatic carbocycles. The van der Waals surface area contributed by atoms with Gasteiger partial charge in [0.1, 0.15) is 0 Å². The first-order chi connectivity index (χ1) is 9.31. The molecule has 2 aromatic rings. The highest BCUT2D eigenvalue weighted by molar-refractivity contribution is 8.76. The Morgan fingerprint density at radius 1 is 1.37 bits per heavy atom. The number of rotatable bonds is 7. The van der Waals surface area contributed by atoms with Crippen LogP contribution in [0.25, 0.3) is 10.9 Å². The molecule has 1 aromatic heterocycles. The van der Waals surface area contributed by atoms with Gasteiger partial charge in [0.05, 0.1) is 11.7 Å². The van der Waals surface area contributed by atoms with Gasteiger partial charge in [0.15, 0.2) is 0 Å². The Hall–Kier alpha value is -1.18. The predicted molar refractivity (Wildman–Crippen MR) is 82.4 cm³/mol. The third-order valence-corrected chi connectivity index (χ3v) is 4.90. The minimum absolute atomic E-state index is 0.0486. The van der Waals surface area contributed by atoms with E-state index in [1.807, 2.05) is 12.1 Å². The standard InChI is InChI=1S/C12H16N4OS2/c13-3-5-18-19-6-4-14-12(17)9-1-2-11-10(7-9)8-15-16-11/h1-2,7-8H,3-6,13H2,(H,14,17)(H,15,16). The van der Waals surface area contributed by atoms with Crippen molar-refractivity contribution in [3.05, 3.63) is 30.0 Å². The molecule has 0 atom stereocenters. The Kier molecular flexibility index (Phi) is 5.56. The van der Waals surface area contributed by atoms with E-state index in [0.29, 0.717) is 18.7 Å². The first kappa shape index (κ1) is 14.2. The van der Waals surface area contributed by atoms with E-state index >= 15 is 0 Å². The van der Waals surface area contributed by atoms with Gasteiger partial charge in [-0.3, -0.25) is 9.89 Å². The van der Waals surface area contributed by atoms with Crippen molar-refractivity contribution in [2.45, 2.75) is 0 Å². The lowest BCUT2D eigenvalue weighted by Crippen LogP contribution is -2.25. The zero-order chi connectivity index (χ0) is 13.5. The highest BCUT2D eigenvalue weighted by Crippen LogP contribution is 2.19. The quantitative estimate of drug-likeness (QED) is 0.534. The third kappa shape index (κ3) is 4.15. The Morgan fingerprint density at radius 2 is 2.21 bits per heavy atom. The first-order valence-corrected chi connectivity index (χ1v) is 8.46. The number of hydrogen-bond donors (Lipinski definition) is 3. The SMILES string of the molecule is NCCSSCCNC(=O)c1ccc2[nH]ncc2c1. The van der Waals surface area contributed by atoms with Crippen molar-refractivity contribution in [1.82, 2.24) is 15.5 Å². The molecule has 1 heterocycles. The van der Waals surface area contributed by atoms with Gasteiger partial charge >= 0.3 is 0 Å². The van der Waals surface area contributed by atoms with Crippen molar-refractivity contribution >= 4 is 38.4 Å². The third-order valence-electron chi connectivity index (χ3n) is 2.46. The minimum atomic E-state index is -0.0486.